The molecule has 0 bridgehead atoms. The minimum atomic E-state index is 0.753. The van der Waals surface area contributed by atoms with E-state index in [4.69, 9.17) is 0 Å². The van der Waals surface area contributed by atoms with Crippen molar-refractivity contribution in [2.75, 3.05) is 12.0 Å². The fourth-order valence-corrected chi connectivity index (χ4v) is 1.13. The molecule has 0 aliphatic rings. The highest BCUT2D eigenvalue weighted by Gasteiger charge is 1.82. The molecule has 0 unspecified atom stereocenters. The zero-order valence-corrected chi connectivity index (χ0v) is 7.47. The predicted octanol–water partition coefficient (Wildman–Crippen LogP) is 2.75. The van der Waals surface area contributed by atoms with Crippen LogP contribution in [-0.2, 0) is 0 Å². The average Bonchev–Trinajstić information content (AvgIpc) is 1.97. The number of hydrogen-bond donors (Lipinski definition) is 0. The first-order chi connectivity index (χ1) is 4.91. The first-order valence-electron chi connectivity index (χ1n) is 3.65. The third kappa shape index (κ3) is 7.91. The summed E-state index contributed by atoms with van der Waals surface area (Å²) in [6.07, 6.45) is 6.49. The minimum absolute atomic E-state index is 0.753. The van der Waals surface area contributed by atoms with Crippen molar-refractivity contribution in [3.05, 3.63) is 6.92 Å². The van der Waals surface area contributed by atoms with Crippen LogP contribution in [0.3, 0.4) is 0 Å². The average molecular weight is 155 g/mol. The van der Waals surface area contributed by atoms with Crippen LogP contribution >= 0.6 is 11.8 Å². The lowest BCUT2D eigenvalue weighted by Gasteiger charge is -1.91. The lowest BCUT2D eigenvalue weighted by Crippen LogP contribution is -1.77. The molecule has 0 saturated carbocycles. The first kappa shape index (κ1) is 9.91. The predicted molar refractivity (Wildman–Crippen MR) is 50.0 cm³/mol. The van der Waals surface area contributed by atoms with Crippen molar-refractivity contribution in [2.45, 2.75) is 25.7 Å². The van der Waals surface area contributed by atoms with Crippen LogP contribution in [0.15, 0.2) is 0 Å². The zero-order chi connectivity index (χ0) is 7.66. The van der Waals surface area contributed by atoms with Gasteiger partial charge in [0, 0.05) is 12.8 Å². The molecule has 0 N–H and O–H groups in total. The molecule has 1 heteroatoms. The van der Waals surface area contributed by atoms with Crippen molar-refractivity contribution in [2.24, 2.45) is 0 Å². The Bertz CT molecular complexity index is 108. The van der Waals surface area contributed by atoms with Gasteiger partial charge in [-0.25, -0.2) is 0 Å². The van der Waals surface area contributed by atoms with Crippen molar-refractivity contribution in [1.82, 2.24) is 0 Å². The minimum Gasteiger partial charge on any atom is -0.165 e. The summed E-state index contributed by atoms with van der Waals surface area (Å²) in [7, 11) is 0. The summed E-state index contributed by atoms with van der Waals surface area (Å²) in [6, 6.07) is 0. The van der Waals surface area contributed by atoms with Gasteiger partial charge >= 0.3 is 0 Å². The van der Waals surface area contributed by atoms with Crippen LogP contribution in [0.1, 0.15) is 25.7 Å². The molecule has 0 aliphatic heterocycles. The summed E-state index contributed by atoms with van der Waals surface area (Å²) in [5, 5.41) is 0. The molecule has 0 aromatic heterocycles. The van der Waals surface area contributed by atoms with Gasteiger partial charge in [0.2, 0.25) is 0 Å². The van der Waals surface area contributed by atoms with E-state index in [0.717, 1.165) is 12.8 Å². The Balaban J connectivity index is 2.90. The summed E-state index contributed by atoms with van der Waals surface area (Å²) >= 11 is 1.90. The normalized spacial score (nSPS) is 8.60. The van der Waals surface area contributed by atoms with Crippen molar-refractivity contribution in [3.63, 3.8) is 0 Å². The van der Waals surface area contributed by atoms with Gasteiger partial charge in [0.25, 0.3) is 0 Å². The molecule has 0 rings (SSSR count). The summed E-state index contributed by atoms with van der Waals surface area (Å²) in [6.45, 7) is 3.64. The maximum absolute atomic E-state index is 3.64. The van der Waals surface area contributed by atoms with E-state index < -0.39 is 0 Å². The molecule has 0 heterocycles. The quantitative estimate of drug-likeness (QED) is 0.444. The van der Waals surface area contributed by atoms with Gasteiger partial charge in [-0.15, -0.1) is 11.8 Å². The summed E-state index contributed by atoms with van der Waals surface area (Å²) in [4.78, 5) is 0. The Labute approximate surface area is 68.8 Å². The Morgan fingerprint density at radius 3 is 2.70 bits per heavy atom. The highest BCUT2D eigenvalue weighted by molar-refractivity contribution is 7.98. The van der Waals surface area contributed by atoms with Gasteiger partial charge in [0.15, 0.2) is 0 Å². The van der Waals surface area contributed by atoms with Crippen molar-refractivity contribution in [3.8, 4) is 11.8 Å². The second-order valence-electron chi connectivity index (χ2n) is 2.05. The molecule has 0 spiro atoms. The number of rotatable bonds is 4. The van der Waals surface area contributed by atoms with Crippen LogP contribution in [0.2, 0.25) is 0 Å². The molecular formula is C9H15S. The van der Waals surface area contributed by atoms with Crippen LogP contribution in [0.25, 0.3) is 0 Å². The van der Waals surface area contributed by atoms with E-state index in [-0.39, 0.29) is 0 Å². The van der Waals surface area contributed by atoms with Gasteiger partial charge in [0.1, 0.15) is 0 Å². The van der Waals surface area contributed by atoms with Crippen LogP contribution < -0.4 is 0 Å². The van der Waals surface area contributed by atoms with E-state index in [9.17, 15) is 0 Å². The molecule has 10 heavy (non-hydrogen) atoms. The van der Waals surface area contributed by atoms with Crippen molar-refractivity contribution < 1.29 is 0 Å². The van der Waals surface area contributed by atoms with Crippen LogP contribution in [0, 0.1) is 18.8 Å². The van der Waals surface area contributed by atoms with E-state index in [0.29, 0.717) is 0 Å². The SMILES string of the molecule is [CH2]CC#CCCCCSC. The third-order valence-electron chi connectivity index (χ3n) is 1.15. The molecule has 0 amide bonds. The second kappa shape index (κ2) is 8.91. The summed E-state index contributed by atoms with van der Waals surface area (Å²) in [5.74, 6) is 7.30. The number of hydrogen-bond acceptors (Lipinski definition) is 1. The molecule has 0 nitrogen and oxygen atoms in total. The van der Waals surface area contributed by atoms with E-state index in [1.54, 1.807) is 0 Å². The number of thioether (sulfide) groups is 1. The van der Waals surface area contributed by atoms with Crippen molar-refractivity contribution in [1.29, 1.82) is 0 Å². The number of unbranched alkanes of at least 4 members (excludes halogenated alkanes) is 2. The smallest absolute Gasteiger partial charge is 0.00890 e. The maximum atomic E-state index is 3.64. The van der Waals surface area contributed by atoms with Gasteiger partial charge < -0.3 is 0 Å². The van der Waals surface area contributed by atoms with Crippen LogP contribution in [0.5, 0.6) is 0 Å². The molecular weight excluding hydrogens is 140 g/mol. The standard InChI is InChI=1S/C9H15S/c1-3-4-5-6-7-8-9-10-2/h1,3,6-9H2,2H3. The van der Waals surface area contributed by atoms with Gasteiger partial charge in [-0.1, -0.05) is 0 Å². The molecule has 0 aromatic rings. The molecule has 57 valence electrons. The second-order valence-corrected chi connectivity index (χ2v) is 3.04. The highest BCUT2D eigenvalue weighted by atomic mass is 32.2. The molecule has 0 aliphatic carbocycles. The molecule has 0 atom stereocenters. The van der Waals surface area contributed by atoms with Crippen molar-refractivity contribution >= 4 is 11.8 Å². The summed E-state index contributed by atoms with van der Waals surface area (Å²) < 4.78 is 0. The van der Waals surface area contributed by atoms with Gasteiger partial charge in [-0.3, -0.25) is 0 Å². The molecule has 1 radical (unpaired) electrons. The fraction of sp³-hybridized carbons (Fsp3) is 0.667. The molecule has 0 aromatic carbocycles. The first-order valence-corrected chi connectivity index (χ1v) is 5.05. The maximum Gasteiger partial charge on any atom is 0.00890 e. The van der Waals surface area contributed by atoms with Crippen LogP contribution in [-0.4, -0.2) is 12.0 Å². The van der Waals surface area contributed by atoms with Crippen LogP contribution in [0.4, 0.5) is 0 Å². The zero-order valence-electron chi connectivity index (χ0n) is 6.65. The van der Waals surface area contributed by atoms with Gasteiger partial charge in [0.05, 0.1) is 0 Å². The van der Waals surface area contributed by atoms with E-state index in [1.807, 2.05) is 11.8 Å². The lowest BCUT2D eigenvalue weighted by atomic mass is 10.2. The largest absolute Gasteiger partial charge is 0.165 e. The van der Waals surface area contributed by atoms with Gasteiger partial charge in [-0.05, 0) is 31.8 Å². The van der Waals surface area contributed by atoms with E-state index >= 15 is 0 Å². The van der Waals surface area contributed by atoms with Gasteiger partial charge in [-0.2, -0.15) is 11.8 Å². The Hall–Kier alpha value is -0.0900. The highest BCUT2D eigenvalue weighted by Crippen LogP contribution is 2.00. The molecule has 0 fully saturated rings. The van der Waals surface area contributed by atoms with E-state index in [2.05, 4.69) is 25.0 Å². The summed E-state index contributed by atoms with van der Waals surface area (Å²) in [5.41, 5.74) is 0. The van der Waals surface area contributed by atoms with E-state index in [1.165, 1.54) is 18.6 Å². The Morgan fingerprint density at radius 1 is 1.30 bits per heavy atom. The monoisotopic (exact) mass is 155 g/mol. The fourth-order valence-electron chi connectivity index (χ4n) is 0.637. The Morgan fingerprint density at radius 2 is 2.10 bits per heavy atom. The Kier molecular flexibility index (Phi) is 8.83. The molecule has 0 saturated heterocycles. The third-order valence-corrected chi connectivity index (χ3v) is 1.85. The topological polar surface area (TPSA) is 0 Å². The lowest BCUT2D eigenvalue weighted by molar-refractivity contribution is 0.837.